The van der Waals surface area contributed by atoms with E-state index in [1.807, 2.05) is 48.5 Å². The molecular weight excluding hydrogens is 246 g/mol. The summed E-state index contributed by atoms with van der Waals surface area (Å²) in [6.45, 7) is 1.61. The Labute approximate surface area is 118 Å². The highest BCUT2D eigenvalue weighted by Crippen LogP contribution is 2.21. The summed E-state index contributed by atoms with van der Waals surface area (Å²) in [4.78, 5) is 15.8. The number of hydrogen-bond acceptors (Lipinski definition) is 2. The SMILES string of the molecule is CC(=O)Cc1ccc(-c2ccc3ccccc3n2)cc1. The van der Waals surface area contributed by atoms with Gasteiger partial charge in [-0.3, -0.25) is 4.79 Å². The molecule has 3 rings (SSSR count). The molecule has 0 spiro atoms. The summed E-state index contributed by atoms with van der Waals surface area (Å²) in [6.07, 6.45) is 0.491. The molecule has 0 aliphatic carbocycles. The lowest BCUT2D eigenvalue weighted by atomic mass is 10.0. The minimum absolute atomic E-state index is 0.182. The summed E-state index contributed by atoms with van der Waals surface area (Å²) in [5, 5.41) is 1.14. The van der Waals surface area contributed by atoms with E-state index in [1.165, 1.54) is 0 Å². The predicted octanol–water partition coefficient (Wildman–Crippen LogP) is 4.03. The van der Waals surface area contributed by atoms with Gasteiger partial charge in [-0.1, -0.05) is 48.5 Å². The third kappa shape index (κ3) is 2.59. The van der Waals surface area contributed by atoms with Gasteiger partial charge in [-0.2, -0.15) is 0 Å². The summed E-state index contributed by atoms with van der Waals surface area (Å²) in [5.74, 6) is 0.182. The van der Waals surface area contributed by atoms with Crippen LogP contribution in [0.3, 0.4) is 0 Å². The lowest BCUT2D eigenvalue weighted by Gasteiger charge is -2.04. The third-order valence-corrected chi connectivity index (χ3v) is 3.30. The molecule has 98 valence electrons. The second kappa shape index (κ2) is 5.25. The van der Waals surface area contributed by atoms with Gasteiger partial charge in [0.1, 0.15) is 5.78 Å². The molecule has 0 saturated carbocycles. The Hall–Kier alpha value is -2.48. The minimum Gasteiger partial charge on any atom is -0.300 e. The van der Waals surface area contributed by atoms with Crippen molar-refractivity contribution in [1.82, 2.24) is 4.98 Å². The molecular formula is C18H15NO. The topological polar surface area (TPSA) is 30.0 Å². The summed E-state index contributed by atoms with van der Waals surface area (Å²) < 4.78 is 0. The zero-order chi connectivity index (χ0) is 13.9. The lowest BCUT2D eigenvalue weighted by Crippen LogP contribution is -1.95. The van der Waals surface area contributed by atoms with E-state index in [1.54, 1.807) is 6.92 Å². The molecule has 2 nitrogen and oxygen atoms in total. The molecule has 0 saturated heterocycles. The number of Topliss-reactive ketones (excluding diaryl/α,β-unsaturated/α-hetero) is 1. The first kappa shape index (κ1) is 12.5. The highest BCUT2D eigenvalue weighted by Gasteiger charge is 2.02. The number of aromatic nitrogens is 1. The fourth-order valence-corrected chi connectivity index (χ4v) is 2.31. The summed E-state index contributed by atoms with van der Waals surface area (Å²) in [6, 6.07) is 20.2. The average molecular weight is 261 g/mol. The van der Waals surface area contributed by atoms with Crippen molar-refractivity contribution >= 4 is 16.7 Å². The van der Waals surface area contributed by atoms with E-state index >= 15 is 0 Å². The van der Waals surface area contributed by atoms with E-state index in [4.69, 9.17) is 0 Å². The zero-order valence-electron chi connectivity index (χ0n) is 11.3. The second-order valence-electron chi connectivity index (χ2n) is 4.96. The number of para-hydroxylation sites is 1. The number of fused-ring (bicyclic) bond motifs is 1. The van der Waals surface area contributed by atoms with Crippen molar-refractivity contribution in [3.63, 3.8) is 0 Å². The standard InChI is InChI=1S/C18H15NO/c1-13(20)12-14-6-8-16(9-7-14)18-11-10-15-4-2-3-5-17(15)19-18/h2-11H,12H2,1H3. The lowest BCUT2D eigenvalue weighted by molar-refractivity contribution is -0.116. The molecule has 2 aromatic carbocycles. The smallest absolute Gasteiger partial charge is 0.134 e. The number of nitrogens with zero attached hydrogens (tertiary/aromatic N) is 1. The predicted molar refractivity (Wildman–Crippen MR) is 81.6 cm³/mol. The first-order valence-electron chi connectivity index (χ1n) is 6.67. The van der Waals surface area contributed by atoms with E-state index in [-0.39, 0.29) is 5.78 Å². The normalized spacial score (nSPS) is 10.7. The second-order valence-corrected chi connectivity index (χ2v) is 4.96. The highest BCUT2D eigenvalue weighted by atomic mass is 16.1. The van der Waals surface area contributed by atoms with Crippen molar-refractivity contribution in [3.05, 3.63) is 66.2 Å². The van der Waals surface area contributed by atoms with Crippen LogP contribution in [0.25, 0.3) is 22.2 Å². The Morgan fingerprint density at radius 1 is 0.950 bits per heavy atom. The van der Waals surface area contributed by atoms with Crippen molar-refractivity contribution in [3.8, 4) is 11.3 Å². The van der Waals surface area contributed by atoms with Crippen LogP contribution >= 0.6 is 0 Å². The molecule has 1 heterocycles. The Balaban J connectivity index is 1.96. The molecule has 0 amide bonds. The first-order valence-corrected chi connectivity index (χ1v) is 6.67. The number of pyridine rings is 1. The van der Waals surface area contributed by atoms with Crippen LogP contribution in [0.1, 0.15) is 12.5 Å². The molecule has 0 radical (unpaired) electrons. The molecule has 0 aliphatic rings. The molecule has 20 heavy (non-hydrogen) atoms. The Bertz CT molecular complexity index is 760. The number of carbonyl (C=O) groups is 1. The van der Waals surface area contributed by atoms with E-state index < -0.39 is 0 Å². The van der Waals surface area contributed by atoms with Crippen LogP contribution in [0.4, 0.5) is 0 Å². The van der Waals surface area contributed by atoms with Gasteiger partial charge in [0.25, 0.3) is 0 Å². The van der Waals surface area contributed by atoms with Gasteiger partial charge in [-0.05, 0) is 24.6 Å². The molecule has 0 aliphatic heterocycles. The maximum absolute atomic E-state index is 11.1. The van der Waals surface area contributed by atoms with Crippen LogP contribution in [0.2, 0.25) is 0 Å². The number of rotatable bonds is 3. The van der Waals surface area contributed by atoms with Crippen LogP contribution in [0.5, 0.6) is 0 Å². The fourth-order valence-electron chi connectivity index (χ4n) is 2.31. The van der Waals surface area contributed by atoms with Crippen LogP contribution in [-0.2, 0) is 11.2 Å². The number of ketones is 1. The number of hydrogen-bond donors (Lipinski definition) is 0. The molecule has 0 fully saturated rings. The van der Waals surface area contributed by atoms with Crippen LogP contribution in [0, 0.1) is 0 Å². The molecule has 0 atom stereocenters. The molecule has 0 N–H and O–H groups in total. The fraction of sp³-hybridized carbons (Fsp3) is 0.111. The van der Waals surface area contributed by atoms with Crippen molar-refractivity contribution in [2.75, 3.05) is 0 Å². The van der Waals surface area contributed by atoms with Crippen molar-refractivity contribution in [2.24, 2.45) is 0 Å². The quantitative estimate of drug-likeness (QED) is 0.712. The van der Waals surface area contributed by atoms with Gasteiger partial charge in [-0.25, -0.2) is 4.98 Å². The van der Waals surface area contributed by atoms with Crippen molar-refractivity contribution < 1.29 is 4.79 Å². The van der Waals surface area contributed by atoms with Crippen molar-refractivity contribution in [2.45, 2.75) is 13.3 Å². The van der Waals surface area contributed by atoms with E-state index in [2.05, 4.69) is 17.1 Å². The van der Waals surface area contributed by atoms with Crippen LogP contribution < -0.4 is 0 Å². The third-order valence-electron chi connectivity index (χ3n) is 3.30. The molecule has 1 aromatic heterocycles. The van der Waals surface area contributed by atoms with Gasteiger partial charge < -0.3 is 0 Å². The van der Waals surface area contributed by atoms with Gasteiger partial charge in [0.05, 0.1) is 11.2 Å². The number of benzene rings is 2. The van der Waals surface area contributed by atoms with Crippen LogP contribution in [-0.4, -0.2) is 10.8 Å². The number of carbonyl (C=O) groups excluding carboxylic acids is 1. The van der Waals surface area contributed by atoms with Gasteiger partial charge in [0.15, 0.2) is 0 Å². The largest absolute Gasteiger partial charge is 0.300 e. The summed E-state index contributed by atoms with van der Waals surface area (Å²) in [5.41, 5.74) is 4.07. The molecule has 3 aromatic rings. The van der Waals surface area contributed by atoms with Crippen molar-refractivity contribution in [1.29, 1.82) is 0 Å². The van der Waals surface area contributed by atoms with Gasteiger partial charge in [0.2, 0.25) is 0 Å². The van der Waals surface area contributed by atoms with Gasteiger partial charge in [0, 0.05) is 17.4 Å². The minimum atomic E-state index is 0.182. The van der Waals surface area contributed by atoms with E-state index in [0.717, 1.165) is 27.7 Å². The maximum atomic E-state index is 11.1. The average Bonchev–Trinajstić information content (AvgIpc) is 2.47. The Morgan fingerprint density at radius 2 is 1.70 bits per heavy atom. The monoisotopic (exact) mass is 261 g/mol. The highest BCUT2D eigenvalue weighted by molar-refractivity contribution is 5.81. The molecule has 2 heteroatoms. The summed E-state index contributed by atoms with van der Waals surface area (Å²) in [7, 11) is 0. The molecule has 0 bridgehead atoms. The molecule has 0 unspecified atom stereocenters. The zero-order valence-corrected chi connectivity index (χ0v) is 11.3. The Morgan fingerprint density at radius 3 is 2.45 bits per heavy atom. The first-order chi connectivity index (χ1) is 9.72. The van der Waals surface area contributed by atoms with Gasteiger partial charge in [-0.15, -0.1) is 0 Å². The Kier molecular flexibility index (Phi) is 3.30. The maximum Gasteiger partial charge on any atom is 0.134 e. The summed E-state index contributed by atoms with van der Waals surface area (Å²) >= 11 is 0. The van der Waals surface area contributed by atoms with Crippen LogP contribution in [0.15, 0.2) is 60.7 Å². The van der Waals surface area contributed by atoms with E-state index in [0.29, 0.717) is 6.42 Å². The van der Waals surface area contributed by atoms with E-state index in [9.17, 15) is 4.79 Å². The van der Waals surface area contributed by atoms with Gasteiger partial charge >= 0.3 is 0 Å².